The first-order chi connectivity index (χ1) is 17.8. The van der Waals surface area contributed by atoms with Crippen LogP contribution in [0.25, 0.3) is 0 Å². The van der Waals surface area contributed by atoms with Crippen LogP contribution in [0, 0.1) is 5.41 Å². The summed E-state index contributed by atoms with van der Waals surface area (Å²) in [4.78, 5) is 33.7. The predicted octanol–water partition coefficient (Wildman–Crippen LogP) is 5.04. The number of aryl methyl sites for hydroxylation is 2. The largest absolute Gasteiger partial charge is 0.321 e. The Balaban J connectivity index is 1.47. The summed E-state index contributed by atoms with van der Waals surface area (Å²) in [7, 11) is 0. The summed E-state index contributed by atoms with van der Waals surface area (Å²) in [5.41, 5.74) is 6.20. The Labute approximate surface area is 220 Å². The average Bonchev–Trinajstić information content (AvgIpc) is 3.22. The maximum atomic E-state index is 13.8. The lowest BCUT2D eigenvalue weighted by molar-refractivity contribution is -0.120. The SMILES string of the molecule is CCCN1C(=O)C(NC(=O)Nc2ccc3c(c2)CCC3)N=C(C2CC(C)(C)CCCN2)c2ccccc21. The second kappa shape index (κ2) is 10.7. The van der Waals surface area contributed by atoms with Gasteiger partial charge in [-0.1, -0.05) is 45.0 Å². The summed E-state index contributed by atoms with van der Waals surface area (Å²) in [5, 5.41) is 9.52. The topological polar surface area (TPSA) is 85.8 Å². The van der Waals surface area contributed by atoms with E-state index in [-0.39, 0.29) is 17.4 Å². The van der Waals surface area contributed by atoms with Gasteiger partial charge in [0.25, 0.3) is 5.91 Å². The Morgan fingerprint density at radius 2 is 1.95 bits per heavy atom. The van der Waals surface area contributed by atoms with Crippen LogP contribution < -0.4 is 20.9 Å². The van der Waals surface area contributed by atoms with E-state index in [1.807, 2.05) is 30.3 Å². The van der Waals surface area contributed by atoms with E-state index in [1.165, 1.54) is 11.1 Å². The maximum Gasteiger partial charge on any atom is 0.321 e. The zero-order chi connectivity index (χ0) is 26.0. The summed E-state index contributed by atoms with van der Waals surface area (Å²) in [6.45, 7) is 8.11. The number of hydrogen-bond donors (Lipinski definition) is 3. The number of anilines is 2. The third-order valence-corrected chi connectivity index (χ3v) is 7.82. The van der Waals surface area contributed by atoms with Crippen molar-refractivity contribution in [2.75, 3.05) is 23.3 Å². The lowest BCUT2D eigenvalue weighted by atomic mass is 9.81. The number of rotatable bonds is 5. The first kappa shape index (κ1) is 25.5. The predicted molar refractivity (Wildman–Crippen MR) is 149 cm³/mol. The maximum absolute atomic E-state index is 13.8. The Hall–Kier alpha value is -3.19. The van der Waals surface area contributed by atoms with Crippen molar-refractivity contribution in [1.29, 1.82) is 0 Å². The van der Waals surface area contributed by atoms with E-state index in [2.05, 4.69) is 48.9 Å². The fourth-order valence-electron chi connectivity index (χ4n) is 5.99. The molecular weight excluding hydrogens is 462 g/mol. The average molecular weight is 502 g/mol. The second-order valence-electron chi connectivity index (χ2n) is 11.3. The van der Waals surface area contributed by atoms with Gasteiger partial charge in [-0.05, 0) is 86.2 Å². The number of fused-ring (bicyclic) bond motifs is 2. The molecule has 0 radical (unpaired) electrons. The molecule has 1 saturated heterocycles. The number of nitrogens with one attached hydrogen (secondary N) is 3. The minimum Gasteiger partial charge on any atom is -0.309 e. The highest BCUT2D eigenvalue weighted by atomic mass is 16.2. The molecule has 196 valence electrons. The molecule has 0 bridgehead atoms. The number of hydrogen-bond acceptors (Lipinski definition) is 4. The van der Waals surface area contributed by atoms with Crippen LogP contribution in [0.15, 0.2) is 47.5 Å². The van der Waals surface area contributed by atoms with Crippen LogP contribution in [0.4, 0.5) is 16.2 Å². The molecule has 1 fully saturated rings. The van der Waals surface area contributed by atoms with Gasteiger partial charge in [0, 0.05) is 17.8 Å². The van der Waals surface area contributed by atoms with E-state index >= 15 is 0 Å². The molecule has 0 aromatic heterocycles. The first-order valence-corrected chi connectivity index (χ1v) is 13.8. The summed E-state index contributed by atoms with van der Waals surface area (Å²) in [6, 6.07) is 13.7. The van der Waals surface area contributed by atoms with Crippen molar-refractivity contribution >= 4 is 29.0 Å². The van der Waals surface area contributed by atoms with E-state index in [4.69, 9.17) is 4.99 Å². The molecule has 0 saturated carbocycles. The van der Waals surface area contributed by atoms with Gasteiger partial charge in [-0.2, -0.15) is 0 Å². The minimum atomic E-state index is -1.00. The van der Waals surface area contributed by atoms with Gasteiger partial charge in [0.15, 0.2) is 0 Å². The Kier molecular flexibility index (Phi) is 7.33. The third-order valence-electron chi connectivity index (χ3n) is 7.82. The normalized spacial score (nSPS) is 22.8. The standard InChI is InChI=1S/C30H39N5O2/c1-4-17-35-25-12-6-5-11-23(25)26(24-19-30(2,3)15-8-16-31-24)33-27(28(35)36)34-29(37)32-22-14-13-20-9-7-10-21(20)18-22/h5-6,11-14,18,24,27,31H,4,7-10,15-17,19H2,1-3H3,(H2,32,34,37). The van der Waals surface area contributed by atoms with E-state index in [0.29, 0.717) is 6.54 Å². The van der Waals surface area contributed by atoms with Gasteiger partial charge in [-0.3, -0.25) is 9.79 Å². The Morgan fingerprint density at radius 1 is 1.14 bits per heavy atom. The summed E-state index contributed by atoms with van der Waals surface area (Å²) >= 11 is 0. The van der Waals surface area contributed by atoms with Gasteiger partial charge in [0.1, 0.15) is 0 Å². The van der Waals surface area contributed by atoms with Crippen molar-refractivity contribution in [3.63, 3.8) is 0 Å². The molecular formula is C30H39N5O2. The van der Waals surface area contributed by atoms with Gasteiger partial charge in [-0.15, -0.1) is 0 Å². The van der Waals surface area contributed by atoms with Crippen molar-refractivity contribution in [3.8, 4) is 0 Å². The van der Waals surface area contributed by atoms with Crippen LogP contribution in [0.2, 0.25) is 0 Å². The van der Waals surface area contributed by atoms with E-state index in [9.17, 15) is 9.59 Å². The van der Waals surface area contributed by atoms with Crippen molar-refractivity contribution in [2.45, 2.75) is 77.9 Å². The molecule has 7 nitrogen and oxygen atoms in total. The lowest BCUT2D eigenvalue weighted by Crippen LogP contribution is -2.49. The number of benzene rings is 2. The zero-order valence-corrected chi connectivity index (χ0v) is 22.3. The molecule has 2 heterocycles. The fourth-order valence-corrected chi connectivity index (χ4v) is 5.99. The van der Waals surface area contributed by atoms with Gasteiger partial charge in [0.2, 0.25) is 6.17 Å². The van der Waals surface area contributed by atoms with Gasteiger partial charge < -0.3 is 20.9 Å². The molecule has 2 aliphatic heterocycles. The molecule has 2 atom stereocenters. The summed E-state index contributed by atoms with van der Waals surface area (Å²) in [5.74, 6) is -0.207. The molecule has 2 aromatic carbocycles. The second-order valence-corrected chi connectivity index (χ2v) is 11.3. The molecule has 7 heteroatoms. The molecule has 2 unspecified atom stereocenters. The van der Waals surface area contributed by atoms with Crippen molar-refractivity contribution in [1.82, 2.24) is 10.6 Å². The van der Waals surface area contributed by atoms with Crippen LogP contribution in [0.3, 0.4) is 0 Å². The quantitative estimate of drug-likeness (QED) is 0.537. The van der Waals surface area contributed by atoms with Crippen molar-refractivity contribution in [3.05, 3.63) is 59.2 Å². The number of carbonyl (C=O) groups is 2. The van der Waals surface area contributed by atoms with Crippen molar-refractivity contribution in [2.24, 2.45) is 10.4 Å². The van der Waals surface area contributed by atoms with E-state index in [1.54, 1.807) is 4.90 Å². The van der Waals surface area contributed by atoms with Crippen molar-refractivity contribution < 1.29 is 9.59 Å². The number of benzodiazepines with no additional fused rings is 1. The number of nitrogens with zero attached hydrogens (tertiary/aromatic N) is 2. The van der Waals surface area contributed by atoms with Gasteiger partial charge in [0.05, 0.1) is 17.4 Å². The number of para-hydroxylation sites is 1. The highest BCUT2D eigenvalue weighted by Gasteiger charge is 2.36. The highest BCUT2D eigenvalue weighted by Crippen LogP contribution is 2.34. The van der Waals surface area contributed by atoms with Crippen LogP contribution in [0.1, 0.15) is 69.6 Å². The van der Waals surface area contributed by atoms with Crippen LogP contribution >= 0.6 is 0 Å². The molecule has 37 heavy (non-hydrogen) atoms. The fraction of sp³-hybridized carbons (Fsp3) is 0.500. The highest BCUT2D eigenvalue weighted by molar-refractivity contribution is 6.15. The molecule has 2 aromatic rings. The van der Waals surface area contributed by atoms with Crippen LogP contribution in [-0.4, -0.2) is 42.9 Å². The molecule has 1 aliphatic carbocycles. The van der Waals surface area contributed by atoms with E-state index < -0.39 is 12.2 Å². The smallest absolute Gasteiger partial charge is 0.309 e. The van der Waals surface area contributed by atoms with Crippen LogP contribution in [-0.2, 0) is 17.6 Å². The zero-order valence-electron chi connectivity index (χ0n) is 22.3. The summed E-state index contributed by atoms with van der Waals surface area (Å²) in [6.07, 6.45) is 6.23. The van der Waals surface area contributed by atoms with Crippen LogP contribution in [0.5, 0.6) is 0 Å². The third kappa shape index (κ3) is 5.57. The summed E-state index contributed by atoms with van der Waals surface area (Å²) < 4.78 is 0. The number of carbonyl (C=O) groups excluding carboxylic acids is 2. The molecule has 3 N–H and O–H groups in total. The van der Waals surface area contributed by atoms with Gasteiger partial charge in [-0.25, -0.2) is 4.79 Å². The number of aliphatic imine (C=N–C) groups is 1. The first-order valence-electron chi connectivity index (χ1n) is 13.8. The Bertz CT molecular complexity index is 1200. The van der Waals surface area contributed by atoms with E-state index in [0.717, 1.165) is 74.1 Å². The monoisotopic (exact) mass is 501 g/mol. The minimum absolute atomic E-state index is 0.00269. The number of urea groups is 1. The lowest BCUT2D eigenvalue weighted by Gasteiger charge is -2.28. The van der Waals surface area contributed by atoms with Gasteiger partial charge >= 0.3 is 6.03 Å². The number of amides is 3. The molecule has 0 spiro atoms. The molecule has 5 rings (SSSR count). The molecule has 3 amide bonds. The Morgan fingerprint density at radius 3 is 2.78 bits per heavy atom. The molecule has 3 aliphatic rings.